The zero-order chi connectivity index (χ0) is 14.1. The fourth-order valence-electron chi connectivity index (χ4n) is 2.21. The molecule has 5 N–H and O–H groups in total. The number of fused-ring (bicyclic) bond motifs is 1. The van der Waals surface area contributed by atoms with Crippen molar-refractivity contribution in [3.63, 3.8) is 0 Å². The molecule has 3 rings (SSSR count). The van der Waals surface area contributed by atoms with Gasteiger partial charge in [-0.25, -0.2) is 4.98 Å². The fraction of sp³-hybridized carbons (Fsp3) is 0.154. The lowest BCUT2D eigenvalue weighted by Crippen LogP contribution is -2.30. The zero-order valence-corrected chi connectivity index (χ0v) is 12.2. The number of hydrogen-bond donors (Lipinski definition) is 3. The molecule has 0 bridgehead atoms. The molecule has 5 nitrogen and oxygen atoms in total. The molecule has 2 heterocycles. The van der Waals surface area contributed by atoms with E-state index in [0.29, 0.717) is 17.1 Å². The van der Waals surface area contributed by atoms with Crippen LogP contribution in [0.4, 0.5) is 5.69 Å². The molecular formula is C13H14ClN5S. The number of hydrogen-bond acceptors (Lipinski definition) is 5. The number of hydrazine groups is 1. The highest BCUT2D eigenvalue weighted by atomic mass is 35.5. The van der Waals surface area contributed by atoms with Crippen LogP contribution in [0, 0.1) is 0 Å². The summed E-state index contributed by atoms with van der Waals surface area (Å²) in [5, 5.41) is 2.62. The number of rotatable bonds is 4. The number of imidazole rings is 1. The van der Waals surface area contributed by atoms with Gasteiger partial charge in [0.2, 0.25) is 0 Å². The van der Waals surface area contributed by atoms with Gasteiger partial charge >= 0.3 is 0 Å². The molecule has 0 fully saturated rings. The predicted octanol–water partition coefficient (Wildman–Crippen LogP) is 2.38. The van der Waals surface area contributed by atoms with Gasteiger partial charge in [-0.2, -0.15) is 0 Å². The van der Waals surface area contributed by atoms with Crippen LogP contribution in [0.5, 0.6) is 0 Å². The molecule has 0 aliphatic carbocycles. The topological polar surface area (TPSA) is 81.4 Å². The Morgan fingerprint density at radius 1 is 1.45 bits per heavy atom. The lowest BCUT2D eigenvalue weighted by atomic mass is 10.0. The summed E-state index contributed by atoms with van der Waals surface area (Å²) in [4.78, 5) is 5.52. The van der Waals surface area contributed by atoms with E-state index in [9.17, 15) is 0 Å². The van der Waals surface area contributed by atoms with Gasteiger partial charge in [-0.15, -0.1) is 11.3 Å². The van der Waals surface area contributed by atoms with Gasteiger partial charge in [0.1, 0.15) is 0 Å². The highest BCUT2D eigenvalue weighted by Gasteiger charge is 2.16. The number of nitrogens with one attached hydrogen (secondary N) is 1. The molecule has 0 radical (unpaired) electrons. The predicted molar refractivity (Wildman–Crippen MR) is 82.7 cm³/mol. The van der Waals surface area contributed by atoms with Crippen LogP contribution in [-0.2, 0) is 6.42 Å². The van der Waals surface area contributed by atoms with Crippen LogP contribution < -0.4 is 17.0 Å². The first-order chi connectivity index (χ1) is 9.67. The molecular weight excluding hydrogens is 294 g/mol. The maximum atomic E-state index is 6.00. The molecule has 0 amide bonds. The van der Waals surface area contributed by atoms with Gasteiger partial charge in [-0.3, -0.25) is 15.7 Å². The summed E-state index contributed by atoms with van der Waals surface area (Å²) in [6, 6.07) is 5.33. The minimum absolute atomic E-state index is 0.100. The molecule has 20 heavy (non-hydrogen) atoms. The Morgan fingerprint density at radius 2 is 2.30 bits per heavy atom. The summed E-state index contributed by atoms with van der Waals surface area (Å²) in [5.41, 5.74) is 11.3. The number of nitrogens with zero attached hydrogens (tertiary/aromatic N) is 2. The summed E-state index contributed by atoms with van der Waals surface area (Å²) in [7, 11) is 0. The Hall–Kier alpha value is -1.60. The van der Waals surface area contributed by atoms with E-state index in [0.717, 1.165) is 16.2 Å². The van der Waals surface area contributed by atoms with Crippen molar-refractivity contribution in [2.24, 2.45) is 5.84 Å². The van der Waals surface area contributed by atoms with Crippen LogP contribution in [0.2, 0.25) is 5.02 Å². The largest absolute Gasteiger partial charge is 0.398 e. The van der Waals surface area contributed by atoms with E-state index in [4.69, 9.17) is 23.2 Å². The monoisotopic (exact) mass is 307 g/mol. The van der Waals surface area contributed by atoms with Gasteiger partial charge in [0.25, 0.3) is 0 Å². The molecule has 0 saturated heterocycles. The first kappa shape index (κ1) is 13.4. The van der Waals surface area contributed by atoms with Gasteiger partial charge in [-0.1, -0.05) is 17.7 Å². The molecule has 1 unspecified atom stereocenters. The molecule has 7 heteroatoms. The Bertz CT molecular complexity index is 707. The van der Waals surface area contributed by atoms with Crippen LogP contribution in [0.1, 0.15) is 17.3 Å². The van der Waals surface area contributed by atoms with Crippen molar-refractivity contribution in [1.29, 1.82) is 0 Å². The number of thiazole rings is 1. The first-order valence-corrected chi connectivity index (χ1v) is 7.35. The van der Waals surface area contributed by atoms with Gasteiger partial charge < -0.3 is 5.73 Å². The van der Waals surface area contributed by atoms with Gasteiger partial charge in [0.05, 0.1) is 11.7 Å². The SMILES string of the molecule is NNC(Cc1cn2ccsc2n1)c1ccc(Cl)cc1N. The minimum atomic E-state index is -0.100. The van der Waals surface area contributed by atoms with Crippen molar-refractivity contribution in [2.75, 3.05) is 5.73 Å². The van der Waals surface area contributed by atoms with Gasteiger partial charge in [0, 0.05) is 34.9 Å². The standard InChI is InChI=1S/C13H14ClN5S/c14-8-1-2-10(11(15)5-8)12(18-16)6-9-7-19-3-4-20-13(19)17-9/h1-5,7,12,18H,6,15-16H2. The summed E-state index contributed by atoms with van der Waals surface area (Å²) >= 11 is 7.52. The van der Waals surface area contributed by atoms with E-state index < -0.39 is 0 Å². The van der Waals surface area contributed by atoms with Crippen molar-refractivity contribution in [2.45, 2.75) is 12.5 Å². The third-order valence-corrected chi connectivity index (χ3v) is 4.19. The van der Waals surface area contributed by atoms with E-state index in [2.05, 4.69) is 10.4 Å². The highest BCUT2D eigenvalue weighted by molar-refractivity contribution is 7.15. The Kier molecular flexibility index (Phi) is 3.62. The average Bonchev–Trinajstić information content (AvgIpc) is 2.97. The number of halogens is 1. The van der Waals surface area contributed by atoms with E-state index in [1.165, 1.54) is 0 Å². The van der Waals surface area contributed by atoms with E-state index in [1.807, 2.05) is 34.3 Å². The fourth-order valence-corrected chi connectivity index (χ4v) is 3.10. The lowest BCUT2D eigenvalue weighted by molar-refractivity contribution is 0.548. The highest BCUT2D eigenvalue weighted by Crippen LogP contribution is 2.26. The van der Waals surface area contributed by atoms with Crippen LogP contribution in [0.3, 0.4) is 0 Å². The molecule has 0 saturated carbocycles. The molecule has 0 spiro atoms. The Morgan fingerprint density at radius 3 is 3.00 bits per heavy atom. The van der Waals surface area contributed by atoms with Gasteiger partial charge in [0.15, 0.2) is 4.96 Å². The average molecular weight is 308 g/mol. The minimum Gasteiger partial charge on any atom is -0.398 e. The number of anilines is 1. The van der Waals surface area contributed by atoms with E-state index >= 15 is 0 Å². The van der Waals surface area contributed by atoms with Crippen molar-refractivity contribution in [3.8, 4) is 0 Å². The van der Waals surface area contributed by atoms with Crippen LogP contribution in [-0.4, -0.2) is 9.38 Å². The second-order valence-corrected chi connectivity index (χ2v) is 5.83. The number of aromatic nitrogens is 2. The van der Waals surface area contributed by atoms with Crippen LogP contribution in [0.15, 0.2) is 36.0 Å². The number of benzene rings is 1. The van der Waals surface area contributed by atoms with Crippen molar-refractivity contribution in [3.05, 3.63) is 52.3 Å². The van der Waals surface area contributed by atoms with E-state index in [1.54, 1.807) is 17.4 Å². The summed E-state index contributed by atoms with van der Waals surface area (Å²) in [5.74, 6) is 5.66. The molecule has 1 atom stereocenters. The van der Waals surface area contributed by atoms with Crippen molar-refractivity contribution in [1.82, 2.24) is 14.8 Å². The molecule has 0 aliphatic rings. The normalized spacial score (nSPS) is 12.9. The Labute approximate surface area is 125 Å². The number of nitrogen functional groups attached to an aromatic ring is 1. The van der Waals surface area contributed by atoms with Crippen LogP contribution in [0.25, 0.3) is 4.96 Å². The summed E-state index contributed by atoms with van der Waals surface area (Å²) < 4.78 is 2.00. The first-order valence-electron chi connectivity index (χ1n) is 6.09. The van der Waals surface area contributed by atoms with Crippen LogP contribution >= 0.6 is 22.9 Å². The third-order valence-electron chi connectivity index (χ3n) is 3.18. The van der Waals surface area contributed by atoms with Crippen molar-refractivity contribution < 1.29 is 0 Å². The quantitative estimate of drug-likeness (QED) is 0.393. The smallest absolute Gasteiger partial charge is 0.193 e. The Balaban J connectivity index is 1.88. The third kappa shape index (κ3) is 2.51. The molecule has 1 aromatic carbocycles. The second-order valence-electron chi connectivity index (χ2n) is 4.52. The molecule has 104 valence electrons. The number of nitrogens with two attached hydrogens (primary N) is 2. The van der Waals surface area contributed by atoms with Gasteiger partial charge in [-0.05, 0) is 17.7 Å². The molecule has 3 aromatic rings. The van der Waals surface area contributed by atoms with E-state index in [-0.39, 0.29) is 6.04 Å². The zero-order valence-electron chi connectivity index (χ0n) is 10.6. The molecule has 0 aliphatic heterocycles. The maximum absolute atomic E-state index is 6.00. The lowest BCUT2D eigenvalue weighted by Gasteiger charge is -2.17. The summed E-state index contributed by atoms with van der Waals surface area (Å²) in [6.45, 7) is 0. The van der Waals surface area contributed by atoms with Crippen molar-refractivity contribution >= 4 is 33.6 Å². The second kappa shape index (κ2) is 5.41. The molecule has 2 aromatic heterocycles. The summed E-state index contributed by atoms with van der Waals surface area (Å²) in [6.07, 6.45) is 4.65. The maximum Gasteiger partial charge on any atom is 0.193 e.